The van der Waals surface area contributed by atoms with Crippen LogP contribution >= 0.6 is 27.3 Å². The second-order valence-corrected chi connectivity index (χ2v) is 9.59. The first-order chi connectivity index (χ1) is 11.8. The molecule has 3 rings (SSSR count). The summed E-state index contributed by atoms with van der Waals surface area (Å²) >= 11 is 4.72. The maximum absolute atomic E-state index is 12.2. The van der Waals surface area contributed by atoms with E-state index in [1.807, 2.05) is 13.0 Å². The van der Waals surface area contributed by atoms with Crippen molar-refractivity contribution in [3.63, 3.8) is 0 Å². The number of sulfone groups is 1. The summed E-state index contributed by atoms with van der Waals surface area (Å²) in [6.07, 6.45) is 0. The molecule has 0 saturated heterocycles. The fourth-order valence-electron chi connectivity index (χ4n) is 1.96. The number of aryl methyl sites for hydroxylation is 1. The van der Waals surface area contributed by atoms with Gasteiger partial charge in [0.25, 0.3) is 5.89 Å². The molecule has 0 fully saturated rings. The highest BCUT2D eigenvalue weighted by atomic mass is 79.9. The standard InChI is InChI=1S/C15H12BrN3O4S2/c1-9-2-4-10(5-3-9)25(21,22)8-13(20)17-15-19-18-14(23-15)11-6-7-12(16)24-11/h2-7H,8H2,1H3,(H,17,19,20). The molecule has 0 spiro atoms. The van der Waals surface area contributed by atoms with Crippen molar-refractivity contribution in [2.45, 2.75) is 11.8 Å². The number of carbonyl (C=O) groups excluding carboxylic acids is 1. The number of nitrogens with zero attached hydrogens (tertiary/aromatic N) is 2. The van der Waals surface area contributed by atoms with Crippen LogP contribution in [0.25, 0.3) is 10.8 Å². The fraction of sp³-hybridized carbons (Fsp3) is 0.133. The van der Waals surface area contributed by atoms with Gasteiger partial charge in [0.05, 0.1) is 13.6 Å². The van der Waals surface area contributed by atoms with Crippen molar-refractivity contribution in [1.82, 2.24) is 10.2 Å². The van der Waals surface area contributed by atoms with Crippen LogP contribution in [0.5, 0.6) is 0 Å². The fourth-order valence-corrected chi connectivity index (χ4v) is 4.40. The van der Waals surface area contributed by atoms with Crippen LogP contribution in [0.3, 0.4) is 0 Å². The Hall–Kier alpha value is -2.04. The van der Waals surface area contributed by atoms with Gasteiger partial charge in [0.15, 0.2) is 9.84 Å². The number of hydrogen-bond acceptors (Lipinski definition) is 7. The summed E-state index contributed by atoms with van der Waals surface area (Å²) in [5.41, 5.74) is 0.932. The number of halogens is 1. The Labute approximate surface area is 156 Å². The zero-order valence-corrected chi connectivity index (χ0v) is 16.1. The van der Waals surface area contributed by atoms with E-state index in [4.69, 9.17) is 4.42 Å². The highest BCUT2D eigenvalue weighted by molar-refractivity contribution is 9.11. The van der Waals surface area contributed by atoms with E-state index in [-0.39, 0.29) is 16.8 Å². The van der Waals surface area contributed by atoms with Crippen LogP contribution in [0.4, 0.5) is 6.01 Å². The molecule has 0 aliphatic heterocycles. The molecule has 1 amide bonds. The SMILES string of the molecule is Cc1ccc(S(=O)(=O)CC(=O)Nc2nnc(-c3ccc(Br)s3)o2)cc1. The molecule has 2 aromatic heterocycles. The normalized spacial score (nSPS) is 11.4. The van der Waals surface area contributed by atoms with Gasteiger partial charge in [-0.1, -0.05) is 22.8 Å². The number of thiophene rings is 1. The van der Waals surface area contributed by atoms with Gasteiger partial charge in [0.1, 0.15) is 5.75 Å². The van der Waals surface area contributed by atoms with Gasteiger partial charge in [-0.05, 0) is 47.1 Å². The van der Waals surface area contributed by atoms with Crippen LogP contribution in [0.1, 0.15) is 5.56 Å². The topological polar surface area (TPSA) is 102 Å². The third-order valence-corrected chi connectivity index (χ3v) is 6.40. The summed E-state index contributed by atoms with van der Waals surface area (Å²) in [6, 6.07) is 9.76. The Morgan fingerprint density at radius 3 is 2.56 bits per heavy atom. The maximum Gasteiger partial charge on any atom is 0.322 e. The summed E-state index contributed by atoms with van der Waals surface area (Å²) < 4.78 is 30.7. The summed E-state index contributed by atoms with van der Waals surface area (Å²) in [4.78, 5) is 12.8. The van der Waals surface area contributed by atoms with E-state index in [0.717, 1.165) is 14.2 Å². The van der Waals surface area contributed by atoms with Crippen molar-refractivity contribution in [2.75, 3.05) is 11.1 Å². The first-order valence-electron chi connectivity index (χ1n) is 7.02. The molecule has 0 atom stereocenters. The van der Waals surface area contributed by atoms with E-state index >= 15 is 0 Å². The van der Waals surface area contributed by atoms with Gasteiger partial charge in [0.2, 0.25) is 5.91 Å². The predicted octanol–water partition coefficient (Wildman–Crippen LogP) is 3.28. The third-order valence-electron chi connectivity index (χ3n) is 3.16. The Kier molecular flexibility index (Phi) is 5.02. The first-order valence-corrected chi connectivity index (χ1v) is 10.3. The van der Waals surface area contributed by atoms with E-state index in [2.05, 4.69) is 31.4 Å². The predicted molar refractivity (Wildman–Crippen MR) is 97.2 cm³/mol. The minimum Gasteiger partial charge on any atom is -0.402 e. The van der Waals surface area contributed by atoms with Gasteiger partial charge in [-0.2, -0.15) is 0 Å². The molecule has 1 N–H and O–H groups in total. The molecule has 2 heterocycles. The summed E-state index contributed by atoms with van der Waals surface area (Å²) in [5.74, 6) is -1.21. The molecule has 0 saturated carbocycles. The molecule has 0 aliphatic rings. The summed E-state index contributed by atoms with van der Waals surface area (Å²) in [5, 5.41) is 9.84. The van der Waals surface area contributed by atoms with Crippen molar-refractivity contribution in [2.24, 2.45) is 0 Å². The third kappa shape index (κ3) is 4.33. The van der Waals surface area contributed by atoms with E-state index in [9.17, 15) is 13.2 Å². The number of amides is 1. The van der Waals surface area contributed by atoms with Gasteiger partial charge < -0.3 is 4.42 Å². The molecular formula is C15H12BrN3O4S2. The van der Waals surface area contributed by atoms with Gasteiger partial charge in [-0.15, -0.1) is 16.4 Å². The largest absolute Gasteiger partial charge is 0.402 e. The Morgan fingerprint density at radius 1 is 1.20 bits per heavy atom. The number of anilines is 1. The molecule has 25 heavy (non-hydrogen) atoms. The summed E-state index contributed by atoms with van der Waals surface area (Å²) in [7, 11) is -3.74. The van der Waals surface area contributed by atoms with E-state index in [1.54, 1.807) is 18.2 Å². The van der Waals surface area contributed by atoms with E-state index in [0.29, 0.717) is 0 Å². The average Bonchev–Trinajstić information content (AvgIpc) is 3.16. The average molecular weight is 442 g/mol. The van der Waals surface area contributed by atoms with Gasteiger partial charge in [-0.25, -0.2) is 8.42 Å². The van der Waals surface area contributed by atoms with Crippen LogP contribution in [-0.4, -0.2) is 30.3 Å². The van der Waals surface area contributed by atoms with Crippen LogP contribution in [-0.2, 0) is 14.6 Å². The molecule has 0 bridgehead atoms. The van der Waals surface area contributed by atoms with Crippen LogP contribution in [0.2, 0.25) is 0 Å². The zero-order chi connectivity index (χ0) is 18.0. The van der Waals surface area contributed by atoms with E-state index in [1.165, 1.54) is 23.5 Å². The van der Waals surface area contributed by atoms with Crippen LogP contribution < -0.4 is 5.32 Å². The number of hydrogen-bond donors (Lipinski definition) is 1. The van der Waals surface area contributed by atoms with E-state index < -0.39 is 21.5 Å². The Morgan fingerprint density at radius 2 is 1.92 bits per heavy atom. The number of aromatic nitrogens is 2. The first kappa shape index (κ1) is 17.8. The number of nitrogens with one attached hydrogen (secondary N) is 1. The Bertz CT molecular complexity index is 1010. The Balaban J connectivity index is 1.68. The molecule has 0 radical (unpaired) electrons. The second-order valence-electron chi connectivity index (χ2n) is 5.14. The summed E-state index contributed by atoms with van der Waals surface area (Å²) in [6.45, 7) is 1.85. The molecule has 3 aromatic rings. The minimum atomic E-state index is -3.74. The lowest BCUT2D eigenvalue weighted by molar-refractivity contribution is -0.114. The molecule has 10 heteroatoms. The smallest absolute Gasteiger partial charge is 0.322 e. The lowest BCUT2D eigenvalue weighted by Crippen LogP contribution is -2.23. The van der Waals surface area contributed by atoms with Gasteiger partial charge >= 0.3 is 6.01 Å². The quantitative estimate of drug-likeness (QED) is 0.651. The number of benzene rings is 1. The number of carbonyl (C=O) groups is 1. The van der Waals surface area contributed by atoms with Gasteiger partial charge in [-0.3, -0.25) is 10.1 Å². The molecule has 130 valence electrons. The van der Waals surface area contributed by atoms with Gasteiger partial charge in [0, 0.05) is 0 Å². The molecule has 7 nitrogen and oxygen atoms in total. The zero-order valence-electron chi connectivity index (χ0n) is 12.9. The van der Waals surface area contributed by atoms with Crippen molar-refractivity contribution < 1.29 is 17.6 Å². The minimum absolute atomic E-state index is 0.0860. The van der Waals surface area contributed by atoms with Crippen molar-refractivity contribution in [3.8, 4) is 10.8 Å². The molecular weight excluding hydrogens is 430 g/mol. The van der Waals surface area contributed by atoms with Crippen LogP contribution in [0.15, 0.2) is 49.5 Å². The number of rotatable bonds is 5. The molecule has 0 aliphatic carbocycles. The second kappa shape index (κ2) is 7.06. The van der Waals surface area contributed by atoms with Crippen molar-refractivity contribution in [3.05, 3.63) is 45.7 Å². The highest BCUT2D eigenvalue weighted by Gasteiger charge is 2.21. The molecule has 0 unspecified atom stereocenters. The maximum atomic E-state index is 12.2. The monoisotopic (exact) mass is 441 g/mol. The lowest BCUT2D eigenvalue weighted by Gasteiger charge is -2.04. The van der Waals surface area contributed by atoms with Crippen LogP contribution in [0, 0.1) is 6.92 Å². The van der Waals surface area contributed by atoms with Crippen molar-refractivity contribution in [1.29, 1.82) is 0 Å². The highest BCUT2D eigenvalue weighted by Crippen LogP contribution is 2.30. The van der Waals surface area contributed by atoms with Crippen molar-refractivity contribution >= 4 is 49.0 Å². The lowest BCUT2D eigenvalue weighted by atomic mass is 10.2. The molecule has 1 aromatic carbocycles.